The number of sulfonamides is 1. The second kappa shape index (κ2) is 5.69. The molecule has 0 bridgehead atoms. The summed E-state index contributed by atoms with van der Waals surface area (Å²) in [6.07, 6.45) is 4.44. The lowest BCUT2D eigenvalue weighted by Crippen LogP contribution is -2.32. The molecular formula is C15H14FN3O3S. The first kappa shape index (κ1) is 15.5. The van der Waals surface area contributed by atoms with Gasteiger partial charge in [0.05, 0.1) is 16.2 Å². The van der Waals surface area contributed by atoms with Gasteiger partial charge in [-0.05, 0) is 37.5 Å². The van der Waals surface area contributed by atoms with Crippen LogP contribution >= 0.6 is 0 Å². The normalized spacial score (nSPS) is 14.5. The minimum atomic E-state index is -4.18. The first-order chi connectivity index (χ1) is 10.9. The SMILES string of the molecule is Cc1ccc(F)cc1S(=O)(=O)NC(=O)c1cncnc1C1CC1. The molecular weight excluding hydrogens is 321 g/mol. The molecule has 0 radical (unpaired) electrons. The Morgan fingerprint density at radius 3 is 2.78 bits per heavy atom. The number of halogens is 1. The van der Waals surface area contributed by atoms with Crippen molar-refractivity contribution in [3.8, 4) is 0 Å². The lowest BCUT2D eigenvalue weighted by atomic mass is 10.1. The van der Waals surface area contributed by atoms with Crippen LogP contribution in [0.3, 0.4) is 0 Å². The van der Waals surface area contributed by atoms with Crippen LogP contribution in [0.4, 0.5) is 4.39 Å². The van der Waals surface area contributed by atoms with E-state index in [0.717, 1.165) is 25.0 Å². The van der Waals surface area contributed by atoms with E-state index in [4.69, 9.17) is 0 Å². The fourth-order valence-electron chi connectivity index (χ4n) is 2.29. The number of carbonyl (C=O) groups excluding carboxylic acids is 1. The van der Waals surface area contributed by atoms with Crippen molar-refractivity contribution >= 4 is 15.9 Å². The third-order valence-corrected chi connectivity index (χ3v) is 5.09. The highest BCUT2D eigenvalue weighted by Crippen LogP contribution is 2.40. The zero-order valence-electron chi connectivity index (χ0n) is 12.3. The summed E-state index contributed by atoms with van der Waals surface area (Å²) in [5.41, 5.74) is 1.02. The molecule has 3 rings (SSSR count). The number of amides is 1. The maximum absolute atomic E-state index is 13.3. The van der Waals surface area contributed by atoms with Gasteiger partial charge in [-0.3, -0.25) is 4.79 Å². The lowest BCUT2D eigenvalue weighted by Gasteiger charge is -2.11. The van der Waals surface area contributed by atoms with Crippen molar-refractivity contribution < 1.29 is 17.6 Å². The van der Waals surface area contributed by atoms with Crippen LogP contribution in [0.2, 0.25) is 0 Å². The highest BCUT2D eigenvalue weighted by Gasteiger charge is 2.31. The van der Waals surface area contributed by atoms with Crippen molar-refractivity contribution in [2.24, 2.45) is 0 Å². The Hall–Kier alpha value is -2.35. The number of aryl methyl sites for hydroxylation is 1. The summed E-state index contributed by atoms with van der Waals surface area (Å²) < 4.78 is 40.0. The van der Waals surface area contributed by atoms with E-state index in [1.807, 2.05) is 4.72 Å². The Balaban J connectivity index is 1.92. The van der Waals surface area contributed by atoms with Gasteiger partial charge in [0.2, 0.25) is 0 Å². The van der Waals surface area contributed by atoms with Crippen LogP contribution in [0.1, 0.15) is 40.4 Å². The Morgan fingerprint density at radius 2 is 2.09 bits per heavy atom. The average molecular weight is 335 g/mol. The second-order valence-electron chi connectivity index (χ2n) is 5.44. The van der Waals surface area contributed by atoms with E-state index in [1.165, 1.54) is 25.5 Å². The van der Waals surface area contributed by atoms with E-state index in [1.54, 1.807) is 0 Å². The molecule has 1 saturated carbocycles. The molecule has 120 valence electrons. The van der Waals surface area contributed by atoms with E-state index in [2.05, 4.69) is 9.97 Å². The van der Waals surface area contributed by atoms with Gasteiger partial charge in [0.15, 0.2) is 0 Å². The maximum Gasteiger partial charge on any atom is 0.268 e. The van der Waals surface area contributed by atoms with Gasteiger partial charge in [-0.2, -0.15) is 0 Å². The largest absolute Gasteiger partial charge is 0.268 e. The maximum atomic E-state index is 13.3. The van der Waals surface area contributed by atoms with Gasteiger partial charge in [-0.25, -0.2) is 27.5 Å². The van der Waals surface area contributed by atoms with Gasteiger partial charge in [0, 0.05) is 12.1 Å². The molecule has 23 heavy (non-hydrogen) atoms. The minimum absolute atomic E-state index is 0.132. The first-order valence-corrected chi connectivity index (χ1v) is 8.50. The molecule has 1 aromatic heterocycles. The van der Waals surface area contributed by atoms with E-state index in [0.29, 0.717) is 11.3 Å². The molecule has 1 fully saturated rings. The number of carbonyl (C=O) groups is 1. The van der Waals surface area contributed by atoms with Crippen LogP contribution in [0.15, 0.2) is 35.6 Å². The summed E-state index contributed by atoms with van der Waals surface area (Å²) in [6.45, 7) is 1.53. The van der Waals surface area contributed by atoms with Crippen LogP contribution in [0.5, 0.6) is 0 Å². The summed E-state index contributed by atoms with van der Waals surface area (Å²) in [4.78, 5) is 19.9. The van der Waals surface area contributed by atoms with Crippen LogP contribution in [0, 0.1) is 12.7 Å². The molecule has 0 unspecified atom stereocenters. The minimum Gasteiger partial charge on any atom is -0.268 e. The number of benzene rings is 1. The number of hydrogen-bond donors (Lipinski definition) is 1. The van der Waals surface area contributed by atoms with E-state index < -0.39 is 21.7 Å². The van der Waals surface area contributed by atoms with Gasteiger partial charge < -0.3 is 0 Å². The Bertz CT molecular complexity index is 879. The Morgan fingerprint density at radius 1 is 1.35 bits per heavy atom. The monoisotopic (exact) mass is 335 g/mol. The van der Waals surface area contributed by atoms with E-state index >= 15 is 0 Å². The van der Waals surface area contributed by atoms with Crippen LogP contribution in [-0.4, -0.2) is 24.3 Å². The summed E-state index contributed by atoms with van der Waals surface area (Å²) in [7, 11) is -4.18. The topological polar surface area (TPSA) is 89.0 Å². The zero-order chi connectivity index (χ0) is 16.6. The summed E-state index contributed by atoms with van der Waals surface area (Å²) >= 11 is 0. The summed E-state index contributed by atoms with van der Waals surface area (Å²) in [5.74, 6) is -1.33. The van der Waals surface area contributed by atoms with Gasteiger partial charge in [-0.15, -0.1) is 0 Å². The van der Waals surface area contributed by atoms with Crippen molar-refractivity contribution in [2.45, 2.75) is 30.6 Å². The van der Waals surface area contributed by atoms with Gasteiger partial charge in [-0.1, -0.05) is 6.07 Å². The lowest BCUT2D eigenvalue weighted by molar-refractivity contribution is 0.0979. The molecule has 0 spiro atoms. The number of nitrogens with one attached hydrogen (secondary N) is 1. The molecule has 1 aliphatic rings. The Kier molecular flexibility index (Phi) is 3.85. The number of nitrogens with zero attached hydrogens (tertiary/aromatic N) is 2. The summed E-state index contributed by atoms with van der Waals surface area (Å²) in [5, 5.41) is 0. The molecule has 6 nitrogen and oxygen atoms in total. The predicted molar refractivity (Wildman–Crippen MR) is 79.8 cm³/mol. The Labute approximate surface area is 132 Å². The highest BCUT2D eigenvalue weighted by molar-refractivity contribution is 7.90. The van der Waals surface area contributed by atoms with Gasteiger partial charge in [0.1, 0.15) is 12.1 Å². The van der Waals surface area contributed by atoms with Crippen LogP contribution in [0.25, 0.3) is 0 Å². The van der Waals surface area contributed by atoms with Crippen LogP contribution in [-0.2, 0) is 10.0 Å². The molecule has 1 heterocycles. The third kappa shape index (κ3) is 3.21. The van der Waals surface area contributed by atoms with Crippen molar-refractivity contribution in [3.05, 3.63) is 53.4 Å². The quantitative estimate of drug-likeness (QED) is 0.922. The molecule has 8 heteroatoms. The molecule has 0 atom stereocenters. The highest BCUT2D eigenvalue weighted by atomic mass is 32.2. The van der Waals surface area contributed by atoms with Crippen molar-refractivity contribution in [2.75, 3.05) is 0 Å². The predicted octanol–water partition coefficient (Wildman–Crippen LogP) is 1.92. The second-order valence-corrected chi connectivity index (χ2v) is 7.09. The van der Waals surface area contributed by atoms with Crippen LogP contribution < -0.4 is 4.72 Å². The third-order valence-electron chi connectivity index (χ3n) is 3.62. The molecule has 1 N–H and O–H groups in total. The number of rotatable bonds is 4. The van der Waals surface area contributed by atoms with Crippen molar-refractivity contribution in [1.29, 1.82) is 0 Å². The van der Waals surface area contributed by atoms with Gasteiger partial charge in [0.25, 0.3) is 15.9 Å². The molecule has 1 aliphatic carbocycles. The fourth-order valence-corrected chi connectivity index (χ4v) is 3.52. The summed E-state index contributed by atoms with van der Waals surface area (Å²) in [6, 6.07) is 3.39. The standard InChI is InChI=1S/C15H14FN3O3S/c1-9-2-5-11(16)6-13(9)23(21,22)19-15(20)12-7-17-8-18-14(12)10-3-4-10/h2,5-8,10H,3-4H2,1H3,(H,19,20). The molecule has 2 aromatic rings. The van der Waals surface area contributed by atoms with Gasteiger partial charge >= 0.3 is 0 Å². The number of aromatic nitrogens is 2. The number of hydrogen-bond acceptors (Lipinski definition) is 5. The van der Waals surface area contributed by atoms with E-state index in [-0.39, 0.29) is 16.4 Å². The van der Waals surface area contributed by atoms with Crippen molar-refractivity contribution in [1.82, 2.24) is 14.7 Å². The molecule has 0 aliphatic heterocycles. The van der Waals surface area contributed by atoms with E-state index in [9.17, 15) is 17.6 Å². The zero-order valence-corrected chi connectivity index (χ0v) is 13.1. The molecule has 0 saturated heterocycles. The average Bonchev–Trinajstić information content (AvgIpc) is 3.34. The smallest absolute Gasteiger partial charge is 0.268 e. The first-order valence-electron chi connectivity index (χ1n) is 7.01. The van der Waals surface area contributed by atoms with Crippen molar-refractivity contribution in [3.63, 3.8) is 0 Å². The molecule has 1 amide bonds. The molecule has 1 aromatic carbocycles. The fraction of sp³-hybridized carbons (Fsp3) is 0.267.